The molecule has 4 aromatic carbocycles. The lowest BCUT2D eigenvalue weighted by atomic mass is 9.31. The molecule has 16 saturated carbocycles. The minimum atomic E-state index is -0.827. The lowest BCUT2D eigenvalue weighted by molar-refractivity contribution is -0.276. The van der Waals surface area contributed by atoms with Crippen molar-refractivity contribution in [2.45, 2.75) is 441 Å². The van der Waals surface area contributed by atoms with E-state index in [0.717, 1.165) is 176 Å². The minimum absolute atomic E-state index is 0. The van der Waals surface area contributed by atoms with E-state index in [2.05, 4.69) is 155 Å². The number of benzene rings is 4. The number of likely N-dealkylation sites (tertiary alicyclic amines) is 4. The van der Waals surface area contributed by atoms with Gasteiger partial charge in [-0.2, -0.15) is 0 Å². The van der Waals surface area contributed by atoms with Crippen molar-refractivity contribution in [2.75, 3.05) is 52.4 Å². The topological polar surface area (TPSA) is 227 Å². The third-order valence-corrected chi connectivity index (χ3v) is 47.5. The van der Waals surface area contributed by atoms with Gasteiger partial charge in [-0.05, 0) is 359 Å². The number of carbonyl (C=O) groups is 4. The second-order valence-corrected chi connectivity index (χ2v) is 57.5. The molecule has 32 rings (SSSR count). The van der Waals surface area contributed by atoms with Gasteiger partial charge in [-0.25, -0.2) is 0 Å². The number of ketones is 1. The highest BCUT2D eigenvalue weighted by Gasteiger charge is 2.87. The molecule has 0 amide bonds. The number of phenolic OH excluding ortho intramolecular Hbond substituents is 1. The second kappa shape index (κ2) is 31.7. The van der Waals surface area contributed by atoms with Crippen LogP contribution in [0.25, 0.3) is 0 Å². The van der Waals surface area contributed by atoms with Crippen molar-refractivity contribution in [1.82, 2.24) is 19.6 Å². The summed E-state index contributed by atoms with van der Waals surface area (Å²) >= 11 is 0. The van der Waals surface area contributed by atoms with Crippen LogP contribution in [0.3, 0.4) is 0 Å². The average molecular weight is 1960 g/mol. The molecule has 27 atom stereocenters. The Bertz CT molecular complexity index is 5890. The number of phenols is 1. The van der Waals surface area contributed by atoms with Gasteiger partial charge in [0.25, 0.3) is 0 Å². The van der Waals surface area contributed by atoms with Crippen LogP contribution in [0, 0.1) is 112 Å². The van der Waals surface area contributed by atoms with Crippen molar-refractivity contribution in [1.29, 1.82) is 0 Å². The molecular weight excluding hydrogens is 1790 g/mol. The number of carbonyl (C=O) groups excluding carboxylic acids is 4. The number of piperidine rings is 4. The summed E-state index contributed by atoms with van der Waals surface area (Å²) in [6.07, 6.45) is 32.8. The maximum Gasteiger partial charge on any atom is 0.316 e. The van der Waals surface area contributed by atoms with Gasteiger partial charge in [0.1, 0.15) is 30.2 Å². The Morgan fingerprint density at radius 2 is 0.608 bits per heavy atom. The molecule has 0 aromatic heterocycles. The molecule has 28 aliphatic rings. The molecule has 15 unspecified atom stereocenters. The lowest BCUT2D eigenvalue weighted by Gasteiger charge is -2.75. The van der Waals surface area contributed by atoms with Gasteiger partial charge in [0.2, 0.25) is 0 Å². The predicted octanol–water partition coefficient (Wildman–Crippen LogP) is 22.5. The SMILES string of the molecule is C.C.C.CC(=O)Oc1ccc2c3c1O[C@H]1C4(C)CCC5(CC4[C@@](C)(O)C(C)(C)C)C(C2)N(CC2CC2)CC[C@]315.CC(=O)Oc1ccc2c3c1O[C@H]1C4(C)CCC5(C[C@@H]4C(C)=O)C(C2)N(CC2CC2)CC[C@]315.CC(C)(C)C(=O)Oc1ccc2c3c1O[C@H]1C4(C)CCC5(CC4[C@@](C)(O)C(C)(C)C)C(C2)N(CC2CC2)CC[C@]315.CC12CCC3(CC1[C@@](C)(O)C(C)(C)C)C1Cc4ccc(O)c5c4[C@@]3(CCN1CC1CC1)[C@H]2O5. The van der Waals surface area contributed by atoms with Gasteiger partial charge in [-0.1, -0.05) is 137 Å². The largest absolute Gasteiger partial charge is 0.504 e. The Labute approximate surface area is 856 Å². The standard InChI is InChI=1S/C34H49NO4.C31H43NO4.C29H41NO3.C27H33NO4.3CH4/c1-29(2,3)28(36)38-22-12-11-21-17-24-33-14-13-31(7,23(18-33)32(8,37)30(4,5)6)27-34(33,25(21)26(22)39-27)15-16-35(24)19-20-9-10-20;1-18(33)35-21-10-9-20-15-23-30-12-11-28(5,22(16-30)29(6,34)27(2,3)4)26-31(30,24(20)25(21)36-26)13-14-32(23)17-19-7-8-19;1-25(2,3)27(5,32)20-15-28-11-10-26(20,4)24-29(28)12-13-30(16-17-6-7-17)21(28)14-18-8-9-19(31)23(33-24)22(18)29;1-15(29)19-13-26-9-8-25(19,3)24-27(26)10-11-28(14-17-4-5-17)21(26)12-18-6-7-20(31-16(2)30)23(32-24)22(18)27;;;/h11-12,20,23-24,27,37H,9-10,13-19H2,1-8H3;9-10,19,22-23,26,34H,7-8,11-17H2,1-6H3;8-9,17,20-21,24,31-32H,6-7,10-16H2,1-5H3;6-7,17,19,21,24H,4-5,8-14H2,1-3H3;3*1H4/t23?,24?,27-,31?,32+,33?,34-;22?,23?,26-,28?,29+,30?,31-;20?,21?,24-,26?,27+,28?,29-;19-,21?,24+,25?,26?,27+;;;/m0001.../s1. The first-order valence-corrected chi connectivity index (χ1v) is 55.9. The number of rotatable bonds is 15. The molecule has 8 heterocycles. The van der Waals surface area contributed by atoms with Gasteiger partial charge in [-0.3, -0.25) is 38.8 Å². The number of esters is 3. The number of aromatic hydroxyl groups is 1. The van der Waals surface area contributed by atoms with E-state index in [1.54, 1.807) is 6.92 Å². The Kier molecular flexibility index (Phi) is 22.4. The van der Waals surface area contributed by atoms with E-state index in [1.165, 1.54) is 162 Å². The fraction of sp³-hybridized carbons (Fsp3) is 0.774. The minimum Gasteiger partial charge on any atom is -0.504 e. The van der Waals surface area contributed by atoms with E-state index in [4.69, 9.17) is 33.2 Å². The molecule has 8 spiro atoms. The first-order valence-electron chi connectivity index (χ1n) is 55.9. The molecule has 4 N–H and O–H groups in total. The monoisotopic (exact) mass is 1960 g/mol. The molecule has 8 aliphatic heterocycles. The first kappa shape index (κ1) is 101. The molecule has 4 aromatic rings. The van der Waals surface area contributed by atoms with E-state index < -0.39 is 22.2 Å². The Balaban J connectivity index is 0.000000109. The summed E-state index contributed by atoms with van der Waals surface area (Å²) in [5.41, 5.74) is 6.80. The highest BCUT2D eigenvalue weighted by atomic mass is 16.6. The molecule has 16 bridgehead atoms. The van der Waals surface area contributed by atoms with Crippen LogP contribution in [-0.4, -0.2) is 181 Å². The van der Waals surface area contributed by atoms with Crippen LogP contribution in [0.15, 0.2) is 48.5 Å². The van der Waals surface area contributed by atoms with Crippen molar-refractivity contribution in [3.63, 3.8) is 0 Å². The summed E-state index contributed by atoms with van der Waals surface area (Å²) in [6, 6.07) is 18.6. The van der Waals surface area contributed by atoms with Crippen LogP contribution in [0.4, 0.5) is 0 Å². The Morgan fingerprint density at radius 3 is 0.881 bits per heavy atom. The van der Waals surface area contributed by atoms with Crippen molar-refractivity contribution in [2.24, 2.45) is 112 Å². The molecule has 19 nitrogen and oxygen atoms in total. The van der Waals surface area contributed by atoms with E-state index >= 15 is 0 Å². The normalized spacial score (nSPS) is 41.4. The summed E-state index contributed by atoms with van der Waals surface area (Å²) in [5.74, 6) is 8.75. The molecule has 20 fully saturated rings. The van der Waals surface area contributed by atoms with Gasteiger partial charge in [0.05, 0.1) is 22.2 Å². The molecule has 784 valence electrons. The number of Topliss-reactive ketones (excluding diaryl/α,β-unsaturated/α-hetero) is 1. The summed E-state index contributed by atoms with van der Waals surface area (Å²) in [7, 11) is 0. The zero-order valence-electron chi connectivity index (χ0n) is 88.9. The van der Waals surface area contributed by atoms with E-state index in [9.17, 15) is 39.6 Å². The Hall–Kier alpha value is -6.32. The molecule has 0 radical (unpaired) electrons. The van der Waals surface area contributed by atoms with Crippen LogP contribution >= 0.6 is 0 Å². The average Bonchev–Trinajstić information content (AvgIpc) is 1.58. The molecular formula is C124H178N4O15. The van der Waals surface area contributed by atoms with Gasteiger partial charge < -0.3 is 53.6 Å². The van der Waals surface area contributed by atoms with Crippen molar-refractivity contribution in [3.8, 4) is 46.0 Å². The van der Waals surface area contributed by atoms with Crippen molar-refractivity contribution < 1.29 is 72.8 Å². The van der Waals surface area contributed by atoms with Crippen molar-refractivity contribution >= 4 is 23.7 Å². The van der Waals surface area contributed by atoms with E-state index in [0.29, 0.717) is 52.9 Å². The predicted molar refractivity (Wildman–Crippen MR) is 558 cm³/mol. The number of hydrogen-bond acceptors (Lipinski definition) is 19. The smallest absolute Gasteiger partial charge is 0.316 e. The molecule has 20 aliphatic carbocycles. The third-order valence-electron chi connectivity index (χ3n) is 47.5. The van der Waals surface area contributed by atoms with Gasteiger partial charge in [0, 0.05) is 157 Å². The summed E-state index contributed by atoms with van der Waals surface area (Å²) < 4.78 is 45.6. The highest BCUT2D eigenvalue weighted by molar-refractivity contribution is 5.82. The zero-order chi connectivity index (χ0) is 98.7. The fourth-order valence-electron chi connectivity index (χ4n) is 38.9. The zero-order valence-corrected chi connectivity index (χ0v) is 88.9. The van der Waals surface area contributed by atoms with Crippen LogP contribution in [0.1, 0.15) is 373 Å². The van der Waals surface area contributed by atoms with E-state index in [-0.39, 0.29) is 170 Å². The molecule has 19 heteroatoms. The number of hydrogen-bond donors (Lipinski definition) is 4. The summed E-state index contributed by atoms with van der Waals surface area (Å²) in [4.78, 5) is 61.3. The summed E-state index contributed by atoms with van der Waals surface area (Å²) in [6.45, 7) is 55.4. The highest BCUT2D eigenvalue weighted by Crippen LogP contribution is 2.86. The maximum atomic E-state index is 13.1. The van der Waals surface area contributed by atoms with Gasteiger partial charge >= 0.3 is 17.9 Å². The van der Waals surface area contributed by atoms with Crippen molar-refractivity contribution in [3.05, 3.63) is 93.0 Å². The fourth-order valence-corrected chi connectivity index (χ4v) is 38.9. The van der Waals surface area contributed by atoms with Crippen LogP contribution < -0.4 is 33.2 Å². The Morgan fingerprint density at radius 1 is 0.350 bits per heavy atom. The lowest BCUT2D eigenvalue weighted by Crippen LogP contribution is -2.80. The second-order valence-electron chi connectivity index (χ2n) is 57.5. The van der Waals surface area contributed by atoms with Gasteiger partial charge in [-0.15, -0.1) is 0 Å². The third kappa shape index (κ3) is 13.0. The first-order chi connectivity index (χ1) is 65.7. The number of nitrogens with zero attached hydrogens (tertiary/aromatic N) is 4. The summed E-state index contributed by atoms with van der Waals surface area (Å²) in [5, 5.41) is 47.6. The maximum absolute atomic E-state index is 13.1. The number of fused-ring (bicyclic) bond motifs is 8. The van der Waals surface area contributed by atoms with Crippen LogP contribution in [0.5, 0.6) is 46.0 Å². The number of ether oxygens (including phenoxy) is 7. The number of aliphatic hydroxyl groups is 3. The molecule has 143 heavy (non-hydrogen) atoms. The van der Waals surface area contributed by atoms with Crippen LogP contribution in [0.2, 0.25) is 0 Å². The quantitative estimate of drug-likeness (QED) is 0.0641. The molecule has 4 saturated heterocycles. The van der Waals surface area contributed by atoms with Gasteiger partial charge in [0.15, 0.2) is 46.0 Å². The van der Waals surface area contributed by atoms with Crippen LogP contribution in [-0.2, 0) is 66.5 Å². The van der Waals surface area contributed by atoms with E-state index in [1.807, 2.05) is 45.0 Å².